The minimum absolute atomic E-state index is 0.343. The van der Waals surface area contributed by atoms with Gasteiger partial charge in [0.05, 0.1) is 4.90 Å². The second kappa shape index (κ2) is 7.79. The van der Waals surface area contributed by atoms with Gasteiger partial charge in [0, 0.05) is 0 Å². The summed E-state index contributed by atoms with van der Waals surface area (Å²) in [4.78, 5) is 0.343. The third-order valence-electron chi connectivity index (χ3n) is 2.87. The predicted octanol–water partition coefficient (Wildman–Crippen LogP) is 4.87. The van der Waals surface area contributed by atoms with E-state index in [0.29, 0.717) is 4.90 Å². The van der Waals surface area contributed by atoms with E-state index in [2.05, 4.69) is 35.9 Å². The van der Waals surface area contributed by atoms with Crippen LogP contribution in [-0.4, -0.2) is 12.6 Å². The van der Waals surface area contributed by atoms with E-state index in [4.69, 9.17) is 0 Å². The molecule has 1 aromatic carbocycles. The monoisotopic (exact) mass is 356 g/mol. The smallest absolute Gasteiger partial charge is 0.194 e. The van der Waals surface area contributed by atoms with E-state index < -0.39 is 14.0 Å². The molecule has 0 aliphatic rings. The third-order valence-corrected chi connectivity index (χ3v) is 6.27. The molecule has 0 fully saturated rings. The van der Waals surface area contributed by atoms with Crippen molar-refractivity contribution in [3.05, 3.63) is 53.6 Å². The zero-order valence-corrected chi connectivity index (χ0v) is 14.5. The number of halogens is 1. The van der Waals surface area contributed by atoms with E-state index in [1.807, 2.05) is 13.0 Å². The number of allylic oxidation sites excluding steroid dienone is 3. The van der Waals surface area contributed by atoms with Crippen LogP contribution in [0.4, 0.5) is 0 Å². The Bertz CT molecular complexity index is 582. The molecule has 0 saturated heterocycles. The van der Waals surface area contributed by atoms with Gasteiger partial charge >= 0.3 is 0 Å². The van der Waals surface area contributed by atoms with E-state index in [9.17, 15) is 8.42 Å². The van der Waals surface area contributed by atoms with Gasteiger partial charge in [0.2, 0.25) is 0 Å². The Morgan fingerprint density at radius 1 is 1.20 bits per heavy atom. The van der Waals surface area contributed by atoms with Crippen molar-refractivity contribution in [2.24, 2.45) is 0 Å². The van der Waals surface area contributed by atoms with Crippen LogP contribution in [0.1, 0.15) is 33.6 Å². The molecule has 0 aliphatic carbocycles. The molecule has 4 heteroatoms. The Balaban J connectivity index is 2.79. The second-order valence-corrected chi connectivity index (χ2v) is 8.70. The molecular weight excluding hydrogens is 336 g/mol. The fraction of sp³-hybridized carbons (Fsp3) is 0.375. The number of hydrogen-bond acceptors (Lipinski definition) is 2. The van der Waals surface area contributed by atoms with Gasteiger partial charge in [0.1, 0.15) is 4.16 Å². The Morgan fingerprint density at radius 2 is 1.80 bits per heavy atom. The van der Waals surface area contributed by atoms with Crippen LogP contribution in [0, 0.1) is 0 Å². The van der Waals surface area contributed by atoms with Gasteiger partial charge in [-0.05, 0) is 45.7 Å². The Labute approximate surface area is 130 Å². The minimum atomic E-state index is -3.35. The maximum Gasteiger partial charge on any atom is 0.194 e. The molecule has 0 spiro atoms. The second-order valence-electron chi connectivity index (χ2n) is 5.04. The Kier molecular flexibility index (Phi) is 6.69. The first-order valence-corrected chi connectivity index (χ1v) is 9.04. The molecule has 0 radical (unpaired) electrons. The van der Waals surface area contributed by atoms with Gasteiger partial charge in [0.25, 0.3) is 0 Å². The first kappa shape index (κ1) is 17.2. The average Bonchev–Trinajstić information content (AvgIpc) is 2.39. The van der Waals surface area contributed by atoms with E-state index in [0.717, 1.165) is 18.4 Å². The van der Waals surface area contributed by atoms with Crippen molar-refractivity contribution in [2.45, 2.75) is 42.7 Å². The molecule has 2 nitrogen and oxygen atoms in total. The highest BCUT2D eigenvalue weighted by molar-refractivity contribution is 9.11. The predicted molar refractivity (Wildman–Crippen MR) is 88.8 cm³/mol. The zero-order valence-electron chi connectivity index (χ0n) is 12.1. The zero-order chi connectivity index (χ0) is 15.2. The van der Waals surface area contributed by atoms with Crippen LogP contribution in [0.3, 0.4) is 0 Å². The van der Waals surface area contributed by atoms with Crippen molar-refractivity contribution in [1.29, 1.82) is 0 Å². The summed E-state index contributed by atoms with van der Waals surface area (Å²) in [5.41, 5.74) is 2.36. The number of rotatable bonds is 6. The molecule has 0 aliphatic heterocycles. The lowest BCUT2D eigenvalue weighted by Gasteiger charge is -2.09. The van der Waals surface area contributed by atoms with Crippen LogP contribution in [0.2, 0.25) is 0 Å². The topological polar surface area (TPSA) is 34.1 Å². The van der Waals surface area contributed by atoms with Crippen LogP contribution in [0.25, 0.3) is 0 Å². The molecular formula is C16H21BrO2S. The Hall–Kier alpha value is -0.870. The summed E-state index contributed by atoms with van der Waals surface area (Å²) in [6.45, 7) is 6.09. The summed E-state index contributed by atoms with van der Waals surface area (Å²) >= 11 is 3.28. The Morgan fingerprint density at radius 3 is 2.35 bits per heavy atom. The average molecular weight is 357 g/mol. The number of alkyl halides is 1. The number of benzene rings is 1. The van der Waals surface area contributed by atoms with E-state index >= 15 is 0 Å². The first-order valence-electron chi connectivity index (χ1n) is 6.57. The summed E-state index contributed by atoms with van der Waals surface area (Å²) in [6.07, 6.45) is 5.75. The molecule has 1 atom stereocenters. The summed E-state index contributed by atoms with van der Waals surface area (Å²) in [5, 5.41) is 0. The minimum Gasteiger partial charge on any atom is -0.222 e. The van der Waals surface area contributed by atoms with Crippen molar-refractivity contribution < 1.29 is 8.42 Å². The molecule has 0 bridgehead atoms. The lowest BCUT2D eigenvalue weighted by Crippen LogP contribution is -2.13. The van der Waals surface area contributed by atoms with Crippen molar-refractivity contribution >= 4 is 25.8 Å². The highest BCUT2D eigenvalue weighted by atomic mass is 79.9. The van der Waals surface area contributed by atoms with Crippen LogP contribution < -0.4 is 0 Å². The summed E-state index contributed by atoms with van der Waals surface area (Å²) in [7, 11) is -3.35. The van der Waals surface area contributed by atoms with Crippen LogP contribution >= 0.6 is 15.9 Å². The van der Waals surface area contributed by atoms with Gasteiger partial charge in [-0.2, -0.15) is 0 Å². The maximum atomic E-state index is 12.3. The van der Waals surface area contributed by atoms with Crippen molar-refractivity contribution in [2.75, 3.05) is 0 Å². The molecule has 0 saturated carbocycles. The van der Waals surface area contributed by atoms with Gasteiger partial charge in [0.15, 0.2) is 9.84 Å². The van der Waals surface area contributed by atoms with Gasteiger partial charge in [-0.25, -0.2) is 8.42 Å². The molecule has 1 rings (SSSR count). The lowest BCUT2D eigenvalue weighted by atomic mass is 10.1. The lowest BCUT2D eigenvalue weighted by molar-refractivity contribution is 0.597. The summed E-state index contributed by atoms with van der Waals surface area (Å²) in [5.74, 6) is 0. The number of hydrogen-bond donors (Lipinski definition) is 0. The number of sulfone groups is 1. The first-order chi connectivity index (χ1) is 9.34. The molecule has 110 valence electrons. The van der Waals surface area contributed by atoms with Gasteiger partial charge in [-0.1, -0.05) is 57.4 Å². The van der Waals surface area contributed by atoms with E-state index in [1.165, 1.54) is 5.57 Å². The van der Waals surface area contributed by atoms with E-state index in [-0.39, 0.29) is 0 Å². The molecule has 0 aromatic heterocycles. The van der Waals surface area contributed by atoms with Crippen LogP contribution in [0.5, 0.6) is 0 Å². The van der Waals surface area contributed by atoms with Crippen molar-refractivity contribution in [1.82, 2.24) is 0 Å². The molecule has 0 heterocycles. The van der Waals surface area contributed by atoms with Crippen molar-refractivity contribution in [3.8, 4) is 0 Å². The normalized spacial score (nSPS) is 13.9. The summed E-state index contributed by atoms with van der Waals surface area (Å²) in [6, 6.07) is 8.52. The summed E-state index contributed by atoms with van der Waals surface area (Å²) < 4.78 is 24.0. The van der Waals surface area contributed by atoms with Crippen molar-refractivity contribution in [3.63, 3.8) is 0 Å². The standard InChI is InChI=1S/C16H21BrO2S/c1-13(2)8-7-9-14(3)12-16(17)20(18,19)15-10-5-4-6-11-15/h4-6,8,10-12,16H,7,9H2,1-3H3/b14-12+. The molecule has 20 heavy (non-hydrogen) atoms. The fourth-order valence-electron chi connectivity index (χ4n) is 1.73. The van der Waals surface area contributed by atoms with Gasteiger partial charge in [-0.3, -0.25) is 0 Å². The van der Waals surface area contributed by atoms with Gasteiger partial charge in [-0.15, -0.1) is 0 Å². The highest BCUT2D eigenvalue weighted by Gasteiger charge is 2.22. The maximum absolute atomic E-state index is 12.3. The van der Waals surface area contributed by atoms with Crippen LogP contribution in [0.15, 0.2) is 58.5 Å². The third kappa shape index (κ3) is 5.25. The molecule has 0 amide bonds. The molecule has 1 unspecified atom stereocenters. The SMILES string of the molecule is CC(C)=CCC/C(C)=C/C(Br)S(=O)(=O)c1ccccc1. The molecule has 0 N–H and O–H groups in total. The van der Waals surface area contributed by atoms with E-state index in [1.54, 1.807) is 30.3 Å². The van der Waals surface area contributed by atoms with Crippen LogP contribution in [-0.2, 0) is 9.84 Å². The quantitative estimate of drug-likeness (QED) is 0.537. The van der Waals surface area contributed by atoms with Gasteiger partial charge < -0.3 is 0 Å². The largest absolute Gasteiger partial charge is 0.222 e. The molecule has 1 aromatic rings. The highest BCUT2D eigenvalue weighted by Crippen LogP contribution is 2.23. The fourth-order valence-corrected chi connectivity index (χ4v) is 4.03.